The van der Waals surface area contributed by atoms with Crippen LogP contribution in [0.15, 0.2) is 24.3 Å². The van der Waals surface area contributed by atoms with Crippen molar-refractivity contribution < 1.29 is 19.1 Å². The Morgan fingerprint density at radius 1 is 1.29 bits per heavy atom. The van der Waals surface area contributed by atoms with E-state index in [1.54, 1.807) is 20.8 Å². The van der Waals surface area contributed by atoms with E-state index in [1.807, 2.05) is 24.3 Å². The van der Waals surface area contributed by atoms with Crippen molar-refractivity contribution in [3.63, 3.8) is 0 Å². The van der Waals surface area contributed by atoms with Crippen LogP contribution in [-0.2, 0) is 20.7 Å². The summed E-state index contributed by atoms with van der Waals surface area (Å²) in [5.74, 6) is -0.591. The van der Waals surface area contributed by atoms with E-state index in [9.17, 15) is 14.9 Å². The van der Waals surface area contributed by atoms with Gasteiger partial charge in [-0.15, -0.1) is 0 Å². The maximum atomic E-state index is 13.2. The summed E-state index contributed by atoms with van der Waals surface area (Å²) in [6.07, 6.45) is 0.726. The molecule has 0 bridgehead atoms. The standard InChI is InChI=1S/C21H27IN2O4/c1-20(2,3)28-19(26)24-21(8-10-27-11-9-21)18(25)13-16(14-23)12-15-4-6-17(22)7-5-15/h4-7,16H,8-13H2,1-3H3,(H,24,26)/t16-/m1/s1. The molecule has 7 heteroatoms. The maximum Gasteiger partial charge on any atom is 0.408 e. The second-order valence-electron chi connectivity index (χ2n) is 8.11. The van der Waals surface area contributed by atoms with Crippen LogP contribution in [0.1, 0.15) is 45.6 Å². The molecule has 0 spiro atoms. The number of carbonyl (C=O) groups is 2. The molecule has 1 N–H and O–H groups in total. The van der Waals surface area contributed by atoms with E-state index in [2.05, 4.69) is 34.0 Å². The summed E-state index contributed by atoms with van der Waals surface area (Å²) in [4.78, 5) is 25.5. The van der Waals surface area contributed by atoms with E-state index >= 15 is 0 Å². The summed E-state index contributed by atoms with van der Waals surface area (Å²) in [5.41, 5.74) is -0.678. The number of ketones is 1. The number of hydrogen-bond acceptors (Lipinski definition) is 5. The van der Waals surface area contributed by atoms with E-state index in [-0.39, 0.29) is 12.2 Å². The molecule has 1 aromatic rings. The van der Waals surface area contributed by atoms with Gasteiger partial charge in [0.15, 0.2) is 5.78 Å². The molecule has 0 aromatic heterocycles. The molecule has 1 aromatic carbocycles. The number of amides is 1. The van der Waals surface area contributed by atoms with Gasteiger partial charge in [-0.1, -0.05) is 12.1 Å². The smallest absolute Gasteiger partial charge is 0.408 e. The SMILES string of the molecule is CC(C)(C)OC(=O)NC1(C(=O)C[C@H](C#N)Cc2ccc(I)cc2)CCOCC1. The Bertz CT molecular complexity index is 728. The molecule has 28 heavy (non-hydrogen) atoms. The molecule has 1 aliphatic rings. The van der Waals surface area contributed by atoms with Gasteiger partial charge in [0.25, 0.3) is 0 Å². The number of benzene rings is 1. The summed E-state index contributed by atoms with van der Waals surface area (Å²) < 4.78 is 11.8. The third-order valence-corrected chi connectivity index (χ3v) is 5.35. The van der Waals surface area contributed by atoms with E-state index < -0.39 is 23.2 Å². The van der Waals surface area contributed by atoms with Gasteiger partial charge in [-0.05, 0) is 67.5 Å². The van der Waals surface area contributed by atoms with Crippen molar-refractivity contribution in [2.45, 2.75) is 57.6 Å². The first-order chi connectivity index (χ1) is 13.1. The van der Waals surface area contributed by atoms with Crippen LogP contribution in [0, 0.1) is 20.8 Å². The van der Waals surface area contributed by atoms with Crippen molar-refractivity contribution in [3.8, 4) is 6.07 Å². The molecule has 6 nitrogen and oxygen atoms in total. The Morgan fingerprint density at radius 3 is 2.43 bits per heavy atom. The molecule has 0 unspecified atom stereocenters. The molecule has 0 saturated carbocycles. The highest BCUT2D eigenvalue weighted by atomic mass is 127. The van der Waals surface area contributed by atoms with Crippen LogP contribution in [0.25, 0.3) is 0 Å². The van der Waals surface area contributed by atoms with Crippen LogP contribution < -0.4 is 5.32 Å². The molecule has 152 valence electrons. The average Bonchev–Trinajstić information content (AvgIpc) is 2.62. The fourth-order valence-electron chi connectivity index (χ4n) is 3.18. The molecule has 1 fully saturated rings. The van der Waals surface area contributed by atoms with Crippen LogP contribution in [0.2, 0.25) is 0 Å². The largest absolute Gasteiger partial charge is 0.444 e. The number of nitrogens with zero attached hydrogens (tertiary/aromatic N) is 1. The number of rotatable bonds is 6. The minimum atomic E-state index is -1.04. The van der Waals surface area contributed by atoms with E-state index in [4.69, 9.17) is 9.47 Å². The highest BCUT2D eigenvalue weighted by Gasteiger charge is 2.42. The first-order valence-electron chi connectivity index (χ1n) is 9.40. The summed E-state index contributed by atoms with van der Waals surface area (Å²) in [6, 6.07) is 10.2. The van der Waals surface area contributed by atoms with E-state index in [0.29, 0.717) is 32.5 Å². The zero-order valence-electron chi connectivity index (χ0n) is 16.6. The normalized spacial score (nSPS) is 17.2. The molecule has 2 rings (SSSR count). The van der Waals surface area contributed by atoms with Gasteiger partial charge in [-0.25, -0.2) is 4.79 Å². The van der Waals surface area contributed by atoms with Crippen LogP contribution in [0.5, 0.6) is 0 Å². The number of ether oxygens (including phenoxy) is 2. The van der Waals surface area contributed by atoms with Crippen molar-refractivity contribution in [1.29, 1.82) is 5.26 Å². The predicted octanol–water partition coefficient (Wildman–Crippen LogP) is 4.01. The lowest BCUT2D eigenvalue weighted by molar-refractivity contribution is -0.130. The Morgan fingerprint density at radius 2 is 1.89 bits per heavy atom. The monoisotopic (exact) mass is 498 g/mol. The van der Waals surface area contributed by atoms with Gasteiger partial charge < -0.3 is 14.8 Å². The fraction of sp³-hybridized carbons (Fsp3) is 0.571. The minimum absolute atomic E-state index is 0.0816. The van der Waals surface area contributed by atoms with Crippen LogP contribution in [0.3, 0.4) is 0 Å². The topological polar surface area (TPSA) is 88.4 Å². The Balaban J connectivity index is 2.09. The number of nitriles is 1. The van der Waals surface area contributed by atoms with E-state index in [1.165, 1.54) is 0 Å². The van der Waals surface area contributed by atoms with Crippen molar-refractivity contribution >= 4 is 34.5 Å². The van der Waals surface area contributed by atoms with E-state index in [0.717, 1.165) is 9.13 Å². The number of Topliss-reactive ketones (excluding diaryl/α,β-unsaturated/α-hetero) is 1. The van der Waals surface area contributed by atoms with Crippen LogP contribution in [0.4, 0.5) is 4.79 Å². The predicted molar refractivity (Wildman–Crippen MR) is 114 cm³/mol. The molecule has 1 heterocycles. The summed E-state index contributed by atoms with van der Waals surface area (Å²) in [5, 5.41) is 12.4. The van der Waals surface area contributed by atoms with Crippen LogP contribution in [-0.4, -0.2) is 36.2 Å². The van der Waals surface area contributed by atoms with Gasteiger partial charge in [0.05, 0.1) is 12.0 Å². The zero-order chi connectivity index (χ0) is 20.8. The van der Waals surface area contributed by atoms with Crippen molar-refractivity contribution in [2.24, 2.45) is 5.92 Å². The van der Waals surface area contributed by atoms with Gasteiger partial charge >= 0.3 is 6.09 Å². The lowest BCUT2D eigenvalue weighted by atomic mass is 9.81. The number of nitrogens with one attached hydrogen (secondary N) is 1. The highest BCUT2D eigenvalue weighted by Crippen LogP contribution is 2.27. The van der Waals surface area contributed by atoms with Crippen molar-refractivity contribution in [2.75, 3.05) is 13.2 Å². The highest BCUT2D eigenvalue weighted by molar-refractivity contribution is 14.1. The molecule has 1 amide bonds. The number of carbonyl (C=O) groups excluding carboxylic acids is 2. The Hall–Kier alpha value is -1.66. The molecule has 1 saturated heterocycles. The second kappa shape index (κ2) is 9.70. The summed E-state index contributed by atoms with van der Waals surface area (Å²) in [6.45, 7) is 6.10. The molecule has 1 atom stereocenters. The molecule has 0 radical (unpaired) electrons. The molecule has 1 aliphatic heterocycles. The van der Waals surface area contributed by atoms with Crippen molar-refractivity contribution in [1.82, 2.24) is 5.32 Å². The number of halogens is 1. The lowest BCUT2D eigenvalue weighted by Gasteiger charge is -2.37. The van der Waals surface area contributed by atoms with Gasteiger partial charge in [0.1, 0.15) is 11.1 Å². The zero-order valence-corrected chi connectivity index (χ0v) is 18.7. The lowest BCUT2D eigenvalue weighted by Crippen LogP contribution is -2.58. The Labute approximate surface area is 180 Å². The summed E-state index contributed by atoms with van der Waals surface area (Å²) >= 11 is 2.23. The van der Waals surface area contributed by atoms with Crippen molar-refractivity contribution in [3.05, 3.63) is 33.4 Å². The summed E-state index contributed by atoms with van der Waals surface area (Å²) in [7, 11) is 0. The fourth-order valence-corrected chi connectivity index (χ4v) is 3.54. The van der Waals surface area contributed by atoms with Gasteiger partial charge in [0.2, 0.25) is 0 Å². The van der Waals surface area contributed by atoms with Gasteiger partial charge in [0, 0.05) is 36.0 Å². The number of alkyl carbamates (subject to hydrolysis) is 1. The molecule has 0 aliphatic carbocycles. The maximum absolute atomic E-state index is 13.2. The molecular weight excluding hydrogens is 471 g/mol. The first-order valence-corrected chi connectivity index (χ1v) is 10.5. The van der Waals surface area contributed by atoms with Gasteiger partial charge in [-0.2, -0.15) is 5.26 Å². The molecular formula is C21H27IN2O4. The van der Waals surface area contributed by atoms with Gasteiger partial charge in [-0.3, -0.25) is 4.79 Å². The minimum Gasteiger partial charge on any atom is -0.444 e. The quantitative estimate of drug-likeness (QED) is 0.599. The average molecular weight is 498 g/mol. The first kappa shape index (κ1) is 22.6. The third kappa shape index (κ3) is 6.74. The van der Waals surface area contributed by atoms with Crippen LogP contribution >= 0.6 is 22.6 Å². The third-order valence-electron chi connectivity index (χ3n) is 4.63. The Kier molecular flexibility index (Phi) is 7.84. The number of hydrogen-bond donors (Lipinski definition) is 1. The second-order valence-corrected chi connectivity index (χ2v) is 9.35.